The average Bonchev–Trinajstić information content (AvgIpc) is 2.78. The third-order valence-electron chi connectivity index (χ3n) is 2.95. The number of nitrogens with zero attached hydrogens (tertiary/aromatic N) is 2. The quantitative estimate of drug-likeness (QED) is 0.736. The molecule has 0 unspecified atom stereocenters. The van der Waals surface area contributed by atoms with Gasteiger partial charge in [-0.3, -0.25) is 0 Å². The van der Waals surface area contributed by atoms with E-state index in [4.69, 9.17) is 4.74 Å². The van der Waals surface area contributed by atoms with Crippen LogP contribution < -0.4 is 4.74 Å². The van der Waals surface area contributed by atoms with Gasteiger partial charge in [-0.25, -0.2) is 4.98 Å². The molecule has 3 nitrogen and oxygen atoms in total. The van der Waals surface area contributed by atoms with Gasteiger partial charge < -0.3 is 9.30 Å². The maximum Gasteiger partial charge on any atom is 0.177 e. The van der Waals surface area contributed by atoms with E-state index in [-0.39, 0.29) is 0 Å². The fourth-order valence-corrected chi connectivity index (χ4v) is 2.36. The Morgan fingerprint density at radius 3 is 2.84 bits per heavy atom. The van der Waals surface area contributed by atoms with Crippen molar-refractivity contribution in [3.63, 3.8) is 0 Å². The third kappa shape index (κ3) is 2.49. The number of rotatable bonds is 3. The molecular weight excluding hydrogens is 304 g/mol. The zero-order chi connectivity index (χ0) is 13.2. The third-order valence-corrected chi connectivity index (χ3v) is 3.57. The van der Waals surface area contributed by atoms with Crippen molar-refractivity contribution in [2.24, 2.45) is 7.05 Å². The first-order valence-corrected chi connectivity index (χ1v) is 6.74. The molecule has 3 aromatic rings. The number of aryl methyl sites for hydroxylation is 1. The van der Waals surface area contributed by atoms with Gasteiger partial charge in [-0.05, 0) is 27.6 Å². The Balaban J connectivity index is 1.86. The molecule has 1 aromatic heterocycles. The molecule has 3 rings (SSSR count). The fourth-order valence-electron chi connectivity index (χ4n) is 1.92. The summed E-state index contributed by atoms with van der Waals surface area (Å²) in [4.78, 5) is 4.21. The number of ether oxygens (including phenoxy) is 1. The number of aromatic nitrogens is 2. The Morgan fingerprint density at radius 1 is 1.26 bits per heavy atom. The summed E-state index contributed by atoms with van der Waals surface area (Å²) in [6, 6.07) is 14.0. The van der Waals surface area contributed by atoms with Crippen LogP contribution in [-0.2, 0) is 13.7 Å². The lowest BCUT2D eigenvalue weighted by Gasteiger charge is -2.08. The number of benzene rings is 2. The van der Waals surface area contributed by atoms with E-state index in [1.165, 1.54) is 0 Å². The Bertz CT molecular complexity index is 707. The number of halogens is 1. The molecule has 0 amide bonds. The van der Waals surface area contributed by atoms with Gasteiger partial charge in [0.25, 0.3) is 0 Å². The van der Waals surface area contributed by atoms with E-state index in [0.29, 0.717) is 6.61 Å². The summed E-state index contributed by atoms with van der Waals surface area (Å²) in [5.74, 6) is 0.795. The lowest BCUT2D eigenvalue weighted by molar-refractivity contribution is 0.304. The molecule has 0 saturated carbocycles. The van der Waals surface area contributed by atoms with E-state index in [0.717, 1.165) is 26.8 Å². The van der Waals surface area contributed by atoms with Crippen molar-refractivity contribution in [1.82, 2.24) is 9.55 Å². The van der Waals surface area contributed by atoms with Crippen molar-refractivity contribution in [2.75, 3.05) is 0 Å². The Hall–Kier alpha value is -1.81. The van der Waals surface area contributed by atoms with Gasteiger partial charge in [-0.15, -0.1) is 0 Å². The second-order valence-electron chi connectivity index (χ2n) is 4.32. The molecule has 95 valence electrons. The van der Waals surface area contributed by atoms with Gasteiger partial charge >= 0.3 is 0 Å². The van der Waals surface area contributed by atoms with E-state index in [2.05, 4.69) is 27.2 Å². The summed E-state index contributed by atoms with van der Waals surface area (Å²) in [5, 5.41) is 0. The molecule has 0 aliphatic rings. The van der Waals surface area contributed by atoms with Crippen molar-refractivity contribution < 1.29 is 4.74 Å². The van der Waals surface area contributed by atoms with Crippen LogP contribution in [0.25, 0.3) is 11.0 Å². The van der Waals surface area contributed by atoms with E-state index in [9.17, 15) is 0 Å². The van der Waals surface area contributed by atoms with Gasteiger partial charge in [0.2, 0.25) is 0 Å². The van der Waals surface area contributed by atoms with Crippen molar-refractivity contribution >= 4 is 27.0 Å². The monoisotopic (exact) mass is 315 g/mol. The van der Waals surface area contributed by atoms with Crippen LogP contribution in [0.3, 0.4) is 0 Å². The van der Waals surface area contributed by atoms with Crippen LogP contribution in [0.2, 0.25) is 0 Å². The molecule has 0 atom stereocenters. The van der Waals surface area contributed by atoms with Gasteiger partial charge in [0, 0.05) is 13.1 Å². The van der Waals surface area contributed by atoms with Crippen molar-refractivity contribution in [2.45, 2.75) is 6.61 Å². The summed E-state index contributed by atoms with van der Waals surface area (Å²) in [7, 11) is 1.92. The molecule has 0 spiro atoms. The standard InChI is InChI=1S/C15H12BrN2O/c1-18-10-17-13-8-15(12(16)7-14(13)18)19-9-11-5-3-2-4-6-11/h2-8H,9H2,1H3. The van der Waals surface area contributed by atoms with Crippen molar-refractivity contribution in [1.29, 1.82) is 0 Å². The summed E-state index contributed by atoms with van der Waals surface area (Å²) >= 11 is 3.53. The lowest BCUT2D eigenvalue weighted by Crippen LogP contribution is -1.96. The normalized spacial score (nSPS) is 10.8. The highest BCUT2D eigenvalue weighted by molar-refractivity contribution is 9.10. The molecule has 2 aromatic carbocycles. The molecule has 0 aliphatic carbocycles. The van der Waals surface area contributed by atoms with E-state index < -0.39 is 0 Å². The number of fused-ring (bicyclic) bond motifs is 1. The van der Waals surface area contributed by atoms with Crippen LogP contribution in [0, 0.1) is 6.33 Å². The lowest BCUT2D eigenvalue weighted by atomic mass is 10.2. The fraction of sp³-hybridized carbons (Fsp3) is 0.133. The minimum Gasteiger partial charge on any atom is -0.488 e. The largest absolute Gasteiger partial charge is 0.488 e. The van der Waals surface area contributed by atoms with Crippen LogP contribution in [0.5, 0.6) is 5.75 Å². The maximum absolute atomic E-state index is 5.83. The summed E-state index contributed by atoms with van der Waals surface area (Å²) in [5.41, 5.74) is 3.05. The Morgan fingerprint density at radius 2 is 2.05 bits per heavy atom. The van der Waals surface area contributed by atoms with Crippen LogP contribution in [0.15, 0.2) is 46.9 Å². The molecule has 1 radical (unpaired) electrons. The Kier molecular flexibility index (Phi) is 3.25. The predicted octanol–water partition coefficient (Wildman–Crippen LogP) is 3.71. The smallest absolute Gasteiger partial charge is 0.177 e. The van der Waals surface area contributed by atoms with Gasteiger partial charge in [0.1, 0.15) is 12.4 Å². The van der Waals surface area contributed by atoms with Crippen molar-refractivity contribution in [3.8, 4) is 5.75 Å². The highest BCUT2D eigenvalue weighted by Gasteiger charge is 2.08. The van der Waals surface area contributed by atoms with Crippen LogP contribution in [-0.4, -0.2) is 9.55 Å². The second-order valence-corrected chi connectivity index (χ2v) is 5.17. The first-order chi connectivity index (χ1) is 9.24. The van der Waals surface area contributed by atoms with Crippen molar-refractivity contribution in [3.05, 3.63) is 58.8 Å². The summed E-state index contributed by atoms with van der Waals surface area (Å²) in [6.07, 6.45) is 2.90. The Labute approximate surface area is 120 Å². The first-order valence-electron chi connectivity index (χ1n) is 5.94. The number of imidazole rings is 1. The first kappa shape index (κ1) is 12.2. The molecular formula is C15H12BrN2O. The summed E-state index contributed by atoms with van der Waals surface area (Å²) < 4.78 is 8.62. The molecule has 19 heavy (non-hydrogen) atoms. The van der Waals surface area contributed by atoms with E-state index in [1.54, 1.807) is 0 Å². The minimum absolute atomic E-state index is 0.543. The van der Waals surface area contributed by atoms with Crippen LogP contribution in [0.4, 0.5) is 0 Å². The highest BCUT2D eigenvalue weighted by atomic mass is 79.9. The zero-order valence-corrected chi connectivity index (χ0v) is 12.0. The van der Waals surface area contributed by atoms with Gasteiger partial charge in [0.15, 0.2) is 6.33 Å². The molecule has 0 fully saturated rings. The van der Waals surface area contributed by atoms with Crippen LogP contribution >= 0.6 is 15.9 Å². The average molecular weight is 316 g/mol. The number of hydrogen-bond acceptors (Lipinski definition) is 2. The molecule has 1 heterocycles. The molecule has 0 aliphatic heterocycles. The maximum atomic E-state index is 5.83. The SMILES string of the molecule is Cn1[c]nc2cc(OCc3ccccc3)c(Br)cc21. The summed E-state index contributed by atoms with van der Waals surface area (Å²) in [6.45, 7) is 0.543. The van der Waals surface area contributed by atoms with Gasteiger partial charge in [-0.1, -0.05) is 30.3 Å². The van der Waals surface area contributed by atoms with E-state index in [1.807, 2.05) is 54.1 Å². The molecule has 0 bridgehead atoms. The van der Waals surface area contributed by atoms with Gasteiger partial charge in [-0.2, -0.15) is 0 Å². The van der Waals surface area contributed by atoms with Crippen LogP contribution in [0.1, 0.15) is 5.56 Å². The molecule has 4 heteroatoms. The highest BCUT2D eigenvalue weighted by Crippen LogP contribution is 2.30. The predicted molar refractivity (Wildman–Crippen MR) is 78.0 cm³/mol. The zero-order valence-electron chi connectivity index (χ0n) is 10.4. The number of hydrogen-bond donors (Lipinski definition) is 0. The van der Waals surface area contributed by atoms with Gasteiger partial charge in [0.05, 0.1) is 15.5 Å². The molecule has 0 saturated heterocycles. The topological polar surface area (TPSA) is 27.1 Å². The minimum atomic E-state index is 0.543. The van der Waals surface area contributed by atoms with E-state index >= 15 is 0 Å². The second kappa shape index (κ2) is 5.05. The molecule has 0 N–H and O–H groups in total.